The predicted molar refractivity (Wildman–Crippen MR) is 254 cm³/mol. The lowest BCUT2D eigenvalue weighted by atomic mass is 9.84. The van der Waals surface area contributed by atoms with Gasteiger partial charge in [0.15, 0.2) is 0 Å². The average Bonchev–Trinajstić information content (AvgIpc) is 3.65. The lowest BCUT2D eigenvalue weighted by molar-refractivity contribution is 0.959. The summed E-state index contributed by atoms with van der Waals surface area (Å²) in [5.41, 5.74) is 17.6. The van der Waals surface area contributed by atoms with E-state index in [1.165, 1.54) is 88.3 Å². The van der Waals surface area contributed by atoms with Crippen LogP contribution in [0.3, 0.4) is 0 Å². The molecule has 0 aliphatic rings. The van der Waals surface area contributed by atoms with Crippen molar-refractivity contribution in [1.29, 1.82) is 0 Å². The van der Waals surface area contributed by atoms with Crippen LogP contribution in [0.25, 0.3) is 111 Å². The summed E-state index contributed by atoms with van der Waals surface area (Å²) in [4.78, 5) is 5.27. The fourth-order valence-corrected chi connectivity index (χ4v) is 9.11. The molecule has 0 atom stereocenters. The molecule has 0 spiro atoms. The van der Waals surface area contributed by atoms with Gasteiger partial charge >= 0.3 is 0 Å². The van der Waals surface area contributed by atoms with Crippen molar-refractivity contribution >= 4 is 32.6 Å². The van der Waals surface area contributed by atoms with Crippen LogP contribution >= 0.6 is 0 Å². The molecular weight excluding hydrogens is 725 g/mol. The molecule has 11 aromatic rings. The van der Waals surface area contributed by atoms with Crippen LogP contribution in [0, 0.1) is 0 Å². The summed E-state index contributed by atoms with van der Waals surface area (Å²) in [6.45, 7) is 0. The summed E-state index contributed by atoms with van der Waals surface area (Å²) in [5.74, 6) is 0.943. The van der Waals surface area contributed by atoms with Gasteiger partial charge in [0.1, 0.15) is 5.82 Å². The van der Waals surface area contributed by atoms with Gasteiger partial charge in [0.05, 0.1) is 11.0 Å². The zero-order valence-electron chi connectivity index (χ0n) is 33.3. The minimum atomic E-state index is 0.943. The van der Waals surface area contributed by atoms with Gasteiger partial charge in [-0.1, -0.05) is 194 Å². The van der Waals surface area contributed by atoms with E-state index in [1.54, 1.807) is 0 Å². The maximum Gasteiger partial charge on any atom is 0.140 e. The van der Waals surface area contributed by atoms with Crippen molar-refractivity contribution in [3.63, 3.8) is 0 Å². The largest absolute Gasteiger partial charge is 0.327 e. The quantitative estimate of drug-likeness (QED) is 0.148. The molecule has 282 valence electrons. The Hall–Kier alpha value is -7.81. The molecule has 1 aromatic heterocycles. The summed E-state index contributed by atoms with van der Waals surface area (Å²) in [6, 6.07) is 81.2. The summed E-state index contributed by atoms with van der Waals surface area (Å²) in [7, 11) is 2.13. The molecule has 0 fully saturated rings. The highest BCUT2D eigenvalue weighted by atomic mass is 15.1. The van der Waals surface area contributed by atoms with Crippen molar-refractivity contribution in [3.05, 3.63) is 224 Å². The maximum atomic E-state index is 5.27. The van der Waals surface area contributed by atoms with Crippen molar-refractivity contribution in [1.82, 2.24) is 9.55 Å². The number of hydrogen-bond acceptors (Lipinski definition) is 1. The van der Waals surface area contributed by atoms with E-state index in [1.807, 2.05) is 0 Å². The molecule has 0 aliphatic carbocycles. The number of hydrogen-bond donors (Lipinski definition) is 0. The first-order valence-electron chi connectivity index (χ1n) is 20.6. The molecule has 0 N–H and O–H groups in total. The van der Waals surface area contributed by atoms with Gasteiger partial charge in [0.2, 0.25) is 0 Å². The monoisotopic (exact) mass is 764 g/mol. The number of imidazole rings is 1. The minimum absolute atomic E-state index is 0.943. The zero-order chi connectivity index (χ0) is 40.0. The second-order valence-electron chi connectivity index (χ2n) is 15.6. The van der Waals surface area contributed by atoms with Gasteiger partial charge in [-0.05, 0) is 119 Å². The van der Waals surface area contributed by atoms with Crippen LogP contribution in [0.1, 0.15) is 0 Å². The lowest BCUT2D eigenvalue weighted by Gasteiger charge is -2.19. The molecule has 0 radical (unpaired) electrons. The molecule has 0 aliphatic heterocycles. The Labute approximate surface area is 350 Å². The Kier molecular flexibility index (Phi) is 8.75. The molecule has 10 aromatic carbocycles. The Bertz CT molecular complexity index is 3220. The fourth-order valence-electron chi connectivity index (χ4n) is 9.11. The van der Waals surface area contributed by atoms with Crippen LogP contribution in [0.5, 0.6) is 0 Å². The number of benzene rings is 10. The van der Waals surface area contributed by atoms with Crippen molar-refractivity contribution < 1.29 is 0 Å². The maximum absolute atomic E-state index is 5.27. The summed E-state index contributed by atoms with van der Waals surface area (Å²) in [6.07, 6.45) is 0. The molecule has 2 nitrogen and oxygen atoms in total. The standard InChI is InChI=1S/C58H40N2/c1-60-55-38-53(42-24-12-5-13-25-42)52(41-22-10-4-11-23-41)37-54(55)59-58(60)44-32-30-43(31-33-44)56-48-26-14-16-28-50(48)57(51-29-17-15-27-49(51)56)47-35-45(39-18-6-2-7-19-39)34-46(36-47)40-20-8-3-9-21-40/h2-38H,1H3. The fraction of sp³-hybridized carbons (Fsp3) is 0.0172. The van der Waals surface area contributed by atoms with Crippen molar-refractivity contribution in [2.24, 2.45) is 7.05 Å². The van der Waals surface area contributed by atoms with Crippen molar-refractivity contribution in [2.75, 3.05) is 0 Å². The van der Waals surface area contributed by atoms with E-state index in [0.29, 0.717) is 0 Å². The first-order valence-corrected chi connectivity index (χ1v) is 20.6. The highest BCUT2D eigenvalue weighted by molar-refractivity contribution is 6.21. The van der Waals surface area contributed by atoms with Gasteiger partial charge in [-0.15, -0.1) is 0 Å². The van der Waals surface area contributed by atoms with Crippen LogP contribution in [-0.2, 0) is 7.05 Å². The molecule has 1 heterocycles. The van der Waals surface area contributed by atoms with Gasteiger partial charge in [-0.3, -0.25) is 0 Å². The summed E-state index contributed by atoms with van der Waals surface area (Å²) >= 11 is 0. The predicted octanol–water partition coefficient (Wildman–Crippen LogP) is 15.5. The number of nitrogens with zero attached hydrogens (tertiary/aromatic N) is 2. The minimum Gasteiger partial charge on any atom is -0.327 e. The molecule has 60 heavy (non-hydrogen) atoms. The van der Waals surface area contributed by atoms with Gasteiger partial charge in [0.25, 0.3) is 0 Å². The molecular formula is C58H40N2. The topological polar surface area (TPSA) is 17.8 Å². The number of aryl methyl sites for hydroxylation is 1. The van der Waals surface area contributed by atoms with E-state index in [0.717, 1.165) is 22.4 Å². The van der Waals surface area contributed by atoms with Gasteiger partial charge in [0, 0.05) is 12.6 Å². The second-order valence-corrected chi connectivity index (χ2v) is 15.6. The first kappa shape index (κ1) is 35.4. The molecule has 0 saturated carbocycles. The number of fused-ring (bicyclic) bond motifs is 3. The third kappa shape index (κ3) is 6.18. The van der Waals surface area contributed by atoms with Gasteiger partial charge < -0.3 is 4.57 Å². The van der Waals surface area contributed by atoms with E-state index in [2.05, 4.69) is 236 Å². The van der Waals surface area contributed by atoms with E-state index in [4.69, 9.17) is 4.98 Å². The van der Waals surface area contributed by atoms with Crippen molar-refractivity contribution in [2.45, 2.75) is 0 Å². The highest BCUT2D eigenvalue weighted by Gasteiger charge is 2.20. The Morgan fingerprint density at radius 2 is 0.667 bits per heavy atom. The van der Waals surface area contributed by atoms with E-state index in [9.17, 15) is 0 Å². The van der Waals surface area contributed by atoms with E-state index < -0.39 is 0 Å². The highest BCUT2D eigenvalue weighted by Crippen LogP contribution is 2.46. The summed E-state index contributed by atoms with van der Waals surface area (Å²) < 4.78 is 2.23. The molecule has 11 rings (SSSR count). The Morgan fingerprint density at radius 1 is 0.300 bits per heavy atom. The second kappa shape index (κ2) is 14.8. The normalized spacial score (nSPS) is 11.4. The van der Waals surface area contributed by atoms with Crippen LogP contribution in [-0.4, -0.2) is 9.55 Å². The van der Waals surface area contributed by atoms with Gasteiger partial charge in [-0.25, -0.2) is 4.98 Å². The molecule has 0 amide bonds. The Morgan fingerprint density at radius 3 is 1.13 bits per heavy atom. The van der Waals surface area contributed by atoms with Crippen LogP contribution in [0.2, 0.25) is 0 Å². The number of aromatic nitrogens is 2. The third-order valence-electron chi connectivity index (χ3n) is 12.0. The zero-order valence-corrected chi connectivity index (χ0v) is 33.3. The molecule has 0 bridgehead atoms. The van der Waals surface area contributed by atoms with E-state index in [-0.39, 0.29) is 0 Å². The number of rotatable bonds is 7. The lowest BCUT2D eigenvalue weighted by Crippen LogP contribution is -1.94. The summed E-state index contributed by atoms with van der Waals surface area (Å²) in [5, 5.41) is 4.93. The van der Waals surface area contributed by atoms with Crippen LogP contribution < -0.4 is 0 Å². The van der Waals surface area contributed by atoms with Crippen LogP contribution in [0.4, 0.5) is 0 Å². The van der Waals surface area contributed by atoms with Crippen molar-refractivity contribution in [3.8, 4) is 78.1 Å². The average molecular weight is 765 g/mol. The molecule has 0 saturated heterocycles. The molecule has 0 unspecified atom stereocenters. The Balaban J connectivity index is 1.06. The van der Waals surface area contributed by atoms with Gasteiger partial charge in [-0.2, -0.15) is 0 Å². The first-order chi connectivity index (χ1) is 29.7. The molecule has 2 heteroatoms. The van der Waals surface area contributed by atoms with E-state index >= 15 is 0 Å². The third-order valence-corrected chi connectivity index (χ3v) is 12.0. The smallest absolute Gasteiger partial charge is 0.140 e. The SMILES string of the molecule is Cn1c(-c2ccc(-c3c4ccccc4c(-c4cc(-c5ccccc5)cc(-c5ccccc5)c4)c4ccccc34)cc2)nc2cc(-c3ccccc3)c(-c3ccccc3)cc21. The van der Waals surface area contributed by atoms with Crippen LogP contribution in [0.15, 0.2) is 224 Å².